The maximum Gasteiger partial charge on any atom is 0.231 e. The Hall–Kier alpha value is -3.03. The summed E-state index contributed by atoms with van der Waals surface area (Å²) in [6.07, 6.45) is 1.56. The molecule has 1 aromatic carbocycles. The van der Waals surface area contributed by atoms with Crippen LogP contribution in [0.3, 0.4) is 0 Å². The minimum absolute atomic E-state index is 0.262. The molecule has 112 valence electrons. The number of nitrogens with zero attached hydrogens (tertiary/aromatic N) is 4. The molecule has 1 N–H and O–H groups in total. The molecule has 0 saturated carbocycles. The highest BCUT2D eigenvalue weighted by Crippen LogP contribution is 2.34. The Labute approximate surface area is 125 Å². The molecule has 8 nitrogen and oxygen atoms in total. The van der Waals surface area contributed by atoms with Crippen LogP contribution in [0.5, 0.6) is 17.2 Å². The fraction of sp³-hybridized carbons (Fsp3) is 0.214. The first-order valence-electron chi connectivity index (χ1n) is 6.82. The third kappa shape index (κ3) is 2.46. The van der Waals surface area contributed by atoms with Crippen LogP contribution in [0.4, 0.5) is 5.82 Å². The largest absolute Gasteiger partial charge is 0.492 e. The summed E-state index contributed by atoms with van der Waals surface area (Å²) in [5, 5.41) is 15.2. The van der Waals surface area contributed by atoms with Crippen molar-refractivity contribution in [2.45, 2.75) is 0 Å². The molecule has 8 heteroatoms. The van der Waals surface area contributed by atoms with Gasteiger partial charge in [-0.05, 0) is 24.3 Å². The maximum atomic E-state index is 5.67. The molecule has 0 aliphatic carbocycles. The van der Waals surface area contributed by atoms with Crippen LogP contribution in [-0.4, -0.2) is 39.8 Å². The van der Waals surface area contributed by atoms with Crippen LogP contribution in [0.25, 0.3) is 5.65 Å². The second-order valence-electron chi connectivity index (χ2n) is 4.64. The van der Waals surface area contributed by atoms with Gasteiger partial charge in [0, 0.05) is 6.07 Å². The molecule has 2 aromatic heterocycles. The number of ether oxygens (including phenoxy) is 3. The summed E-state index contributed by atoms with van der Waals surface area (Å²) in [5.41, 5.74) is 0.710. The lowest BCUT2D eigenvalue weighted by molar-refractivity contribution is 0.174. The maximum absolute atomic E-state index is 5.67. The third-order valence-corrected chi connectivity index (χ3v) is 3.18. The van der Waals surface area contributed by atoms with Crippen molar-refractivity contribution < 1.29 is 14.2 Å². The lowest BCUT2D eigenvalue weighted by Crippen LogP contribution is -2.13. The number of hydrogen-bond donors (Lipinski definition) is 1. The van der Waals surface area contributed by atoms with Gasteiger partial charge in [-0.1, -0.05) is 0 Å². The predicted molar refractivity (Wildman–Crippen MR) is 77.3 cm³/mol. The highest BCUT2D eigenvalue weighted by Gasteiger charge is 2.13. The summed E-state index contributed by atoms with van der Waals surface area (Å²) in [6.45, 7) is 1.38. The van der Waals surface area contributed by atoms with Crippen molar-refractivity contribution in [3.63, 3.8) is 0 Å². The van der Waals surface area contributed by atoms with Gasteiger partial charge in [-0.25, -0.2) is 0 Å². The Morgan fingerprint density at radius 3 is 3.14 bits per heavy atom. The van der Waals surface area contributed by atoms with Crippen LogP contribution in [0.15, 0.2) is 36.7 Å². The highest BCUT2D eigenvalue weighted by molar-refractivity contribution is 5.47. The van der Waals surface area contributed by atoms with Crippen molar-refractivity contribution in [1.82, 2.24) is 19.8 Å². The van der Waals surface area contributed by atoms with E-state index >= 15 is 0 Å². The molecule has 0 atom stereocenters. The van der Waals surface area contributed by atoms with Gasteiger partial charge in [0.05, 0.1) is 6.54 Å². The minimum atomic E-state index is 0.262. The predicted octanol–water partition coefficient (Wildman–Crippen LogP) is 1.34. The summed E-state index contributed by atoms with van der Waals surface area (Å²) in [5.74, 6) is 2.94. The van der Waals surface area contributed by atoms with Crippen LogP contribution >= 0.6 is 0 Å². The van der Waals surface area contributed by atoms with E-state index in [0.29, 0.717) is 24.5 Å². The van der Waals surface area contributed by atoms with E-state index in [4.69, 9.17) is 14.2 Å². The van der Waals surface area contributed by atoms with Crippen molar-refractivity contribution in [3.8, 4) is 17.2 Å². The van der Waals surface area contributed by atoms with Gasteiger partial charge in [-0.2, -0.15) is 4.52 Å². The van der Waals surface area contributed by atoms with Crippen molar-refractivity contribution >= 4 is 11.5 Å². The quantitative estimate of drug-likeness (QED) is 0.712. The number of fused-ring (bicyclic) bond motifs is 2. The number of hydrogen-bond acceptors (Lipinski definition) is 7. The number of aromatic nitrogens is 4. The second kappa shape index (κ2) is 5.40. The smallest absolute Gasteiger partial charge is 0.231 e. The van der Waals surface area contributed by atoms with Crippen molar-refractivity contribution in [2.24, 2.45) is 0 Å². The van der Waals surface area contributed by atoms with Crippen LogP contribution in [0.2, 0.25) is 0 Å². The fourth-order valence-electron chi connectivity index (χ4n) is 2.14. The van der Waals surface area contributed by atoms with Gasteiger partial charge in [0.1, 0.15) is 24.5 Å². The Bertz CT molecular complexity index is 804. The molecule has 0 saturated heterocycles. The SMILES string of the molecule is c1cc2c(cc1OCCNc1ccc3nncn3n1)OCO2. The van der Waals surface area contributed by atoms with E-state index < -0.39 is 0 Å². The summed E-state index contributed by atoms with van der Waals surface area (Å²) in [7, 11) is 0. The Kier molecular flexibility index (Phi) is 3.11. The molecular weight excluding hydrogens is 286 g/mol. The van der Waals surface area contributed by atoms with Gasteiger partial charge < -0.3 is 19.5 Å². The normalized spacial score (nSPS) is 12.5. The molecule has 1 aliphatic heterocycles. The zero-order chi connectivity index (χ0) is 14.8. The van der Waals surface area contributed by atoms with E-state index in [9.17, 15) is 0 Å². The molecule has 0 fully saturated rings. The molecule has 0 radical (unpaired) electrons. The Morgan fingerprint density at radius 1 is 1.18 bits per heavy atom. The molecule has 0 amide bonds. The van der Waals surface area contributed by atoms with Crippen molar-refractivity contribution in [2.75, 3.05) is 25.3 Å². The molecule has 3 heterocycles. The van der Waals surface area contributed by atoms with Crippen LogP contribution in [-0.2, 0) is 0 Å². The summed E-state index contributed by atoms with van der Waals surface area (Å²) in [6, 6.07) is 9.22. The average Bonchev–Trinajstić information content (AvgIpc) is 3.19. The van der Waals surface area contributed by atoms with E-state index in [0.717, 1.165) is 17.3 Å². The van der Waals surface area contributed by atoms with Crippen LogP contribution in [0, 0.1) is 0 Å². The van der Waals surface area contributed by atoms with E-state index in [1.54, 1.807) is 10.8 Å². The average molecular weight is 299 g/mol. The van der Waals surface area contributed by atoms with E-state index in [-0.39, 0.29) is 6.79 Å². The molecule has 0 unspecified atom stereocenters. The highest BCUT2D eigenvalue weighted by atomic mass is 16.7. The molecule has 0 spiro atoms. The number of anilines is 1. The number of rotatable bonds is 5. The van der Waals surface area contributed by atoms with Gasteiger partial charge in [0.25, 0.3) is 0 Å². The van der Waals surface area contributed by atoms with Gasteiger partial charge in [-0.15, -0.1) is 15.3 Å². The summed E-state index contributed by atoms with van der Waals surface area (Å²) >= 11 is 0. The van der Waals surface area contributed by atoms with Crippen molar-refractivity contribution in [3.05, 3.63) is 36.7 Å². The lowest BCUT2D eigenvalue weighted by Gasteiger charge is -2.08. The monoisotopic (exact) mass is 299 g/mol. The second-order valence-corrected chi connectivity index (χ2v) is 4.64. The fourth-order valence-corrected chi connectivity index (χ4v) is 2.14. The van der Waals surface area contributed by atoms with E-state index in [1.165, 1.54) is 0 Å². The lowest BCUT2D eigenvalue weighted by atomic mass is 10.3. The summed E-state index contributed by atoms with van der Waals surface area (Å²) in [4.78, 5) is 0. The molecule has 4 rings (SSSR count). The van der Waals surface area contributed by atoms with E-state index in [2.05, 4.69) is 20.6 Å². The van der Waals surface area contributed by atoms with Crippen molar-refractivity contribution in [1.29, 1.82) is 0 Å². The molecule has 3 aromatic rings. The first-order chi connectivity index (χ1) is 10.9. The molecule has 0 bridgehead atoms. The summed E-state index contributed by atoms with van der Waals surface area (Å²) < 4.78 is 17.8. The van der Waals surface area contributed by atoms with E-state index in [1.807, 2.05) is 30.3 Å². The topological polar surface area (TPSA) is 82.8 Å². The Balaban J connectivity index is 1.31. The zero-order valence-electron chi connectivity index (χ0n) is 11.6. The first-order valence-corrected chi connectivity index (χ1v) is 6.82. The zero-order valence-corrected chi connectivity index (χ0v) is 11.6. The Morgan fingerprint density at radius 2 is 2.14 bits per heavy atom. The number of benzene rings is 1. The van der Waals surface area contributed by atoms with Gasteiger partial charge in [-0.3, -0.25) is 0 Å². The standard InChI is InChI=1S/C14H13N5O3/c1-2-11-12(22-9-21-11)7-10(1)20-6-5-15-13-3-4-14-17-16-8-19(14)18-13/h1-4,7-8H,5-6,9H2,(H,15,18). The molecule has 22 heavy (non-hydrogen) atoms. The van der Waals surface area contributed by atoms with Gasteiger partial charge in [0.15, 0.2) is 17.1 Å². The van der Waals surface area contributed by atoms with Crippen LogP contribution in [0.1, 0.15) is 0 Å². The van der Waals surface area contributed by atoms with Gasteiger partial charge >= 0.3 is 0 Å². The minimum Gasteiger partial charge on any atom is -0.492 e. The molecular formula is C14H13N5O3. The van der Waals surface area contributed by atoms with Gasteiger partial charge in [0.2, 0.25) is 6.79 Å². The number of nitrogens with one attached hydrogen (secondary N) is 1. The van der Waals surface area contributed by atoms with Crippen LogP contribution < -0.4 is 19.5 Å². The molecule has 1 aliphatic rings. The first kappa shape index (κ1) is 12.7. The third-order valence-electron chi connectivity index (χ3n) is 3.18.